The molecule has 0 aliphatic carbocycles. The van der Waals surface area contributed by atoms with Gasteiger partial charge in [0, 0.05) is 39.4 Å². The molecule has 23 heavy (non-hydrogen) atoms. The van der Waals surface area contributed by atoms with E-state index in [4.69, 9.17) is 0 Å². The quantitative estimate of drug-likeness (QED) is 0.597. The summed E-state index contributed by atoms with van der Waals surface area (Å²) >= 11 is 0. The first-order valence-electron chi connectivity index (χ1n) is 7.58. The van der Waals surface area contributed by atoms with Gasteiger partial charge in [-0.05, 0) is 13.0 Å². The molecule has 2 aromatic heterocycles. The van der Waals surface area contributed by atoms with Crippen molar-refractivity contribution in [3.05, 3.63) is 36.0 Å². The van der Waals surface area contributed by atoms with Crippen LogP contribution in [-0.4, -0.2) is 46.3 Å². The van der Waals surface area contributed by atoms with Gasteiger partial charge in [-0.3, -0.25) is 4.68 Å². The first kappa shape index (κ1) is 16.7. The van der Waals surface area contributed by atoms with Crippen LogP contribution in [0.2, 0.25) is 0 Å². The van der Waals surface area contributed by atoms with Crippen molar-refractivity contribution in [3.8, 4) is 0 Å². The zero-order valence-electron chi connectivity index (χ0n) is 14.1. The number of hydrogen-bond acceptors (Lipinski definition) is 5. The summed E-state index contributed by atoms with van der Waals surface area (Å²) < 4.78 is 1.74. The van der Waals surface area contributed by atoms with Crippen LogP contribution in [0.4, 0.5) is 5.82 Å². The monoisotopic (exact) mass is 316 g/mol. The van der Waals surface area contributed by atoms with Crippen LogP contribution < -0.4 is 15.5 Å². The smallest absolute Gasteiger partial charge is 0.191 e. The lowest BCUT2D eigenvalue weighted by Crippen LogP contribution is -2.37. The molecule has 0 saturated heterocycles. The minimum Gasteiger partial charge on any atom is -0.362 e. The number of aryl methyl sites for hydroxylation is 1. The minimum absolute atomic E-state index is 0.551. The van der Waals surface area contributed by atoms with E-state index in [-0.39, 0.29) is 0 Å². The van der Waals surface area contributed by atoms with Crippen LogP contribution >= 0.6 is 0 Å². The Balaban J connectivity index is 2.05. The molecule has 0 unspecified atom stereocenters. The molecule has 0 aromatic carbocycles. The Hall–Kier alpha value is -2.64. The van der Waals surface area contributed by atoms with Crippen molar-refractivity contribution in [2.24, 2.45) is 12.0 Å². The summed E-state index contributed by atoms with van der Waals surface area (Å²) in [6, 6.07) is 3.97. The van der Waals surface area contributed by atoms with Gasteiger partial charge in [0.2, 0.25) is 0 Å². The maximum absolute atomic E-state index is 4.63. The number of guanidine groups is 1. The second-order valence-electron chi connectivity index (χ2n) is 5.23. The third-order valence-electron chi connectivity index (χ3n) is 3.26. The zero-order chi connectivity index (χ0) is 16.7. The molecule has 0 spiro atoms. The highest BCUT2D eigenvalue weighted by atomic mass is 15.3. The summed E-state index contributed by atoms with van der Waals surface area (Å²) in [5.74, 6) is 2.52. The number of anilines is 1. The SMILES string of the molecule is CCNC(=NCc1cccnc1N(C)C)NCc1ncnn1C. The van der Waals surface area contributed by atoms with Crippen molar-refractivity contribution >= 4 is 11.8 Å². The molecule has 2 rings (SSSR count). The van der Waals surface area contributed by atoms with Gasteiger partial charge in [0.15, 0.2) is 5.96 Å². The fraction of sp³-hybridized carbons (Fsp3) is 0.467. The van der Waals surface area contributed by atoms with Gasteiger partial charge >= 0.3 is 0 Å². The molecule has 124 valence electrons. The number of aromatic nitrogens is 4. The fourth-order valence-corrected chi connectivity index (χ4v) is 2.11. The molecule has 0 bridgehead atoms. The first-order chi connectivity index (χ1) is 11.1. The molecule has 2 heterocycles. The van der Waals surface area contributed by atoms with Crippen LogP contribution in [-0.2, 0) is 20.1 Å². The van der Waals surface area contributed by atoms with E-state index in [0.717, 1.165) is 29.7 Å². The van der Waals surface area contributed by atoms with Gasteiger partial charge in [0.25, 0.3) is 0 Å². The zero-order valence-corrected chi connectivity index (χ0v) is 14.1. The number of rotatable bonds is 6. The molecule has 0 radical (unpaired) electrons. The van der Waals surface area contributed by atoms with E-state index in [0.29, 0.717) is 13.1 Å². The van der Waals surface area contributed by atoms with Crippen molar-refractivity contribution in [2.45, 2.75) is 20.0 Å². The molecule has 8 heteroatoms. The summed E-state index contributed by atoms with van der Waals surface area (Å²) in [6.07, 6.45) is 3.33. The predicted molar refractivity (Wildman–Crippen MR) is 91.2 cm³/mol. The molecule has 0 fully saturated rings. The van der Waals surface area contributed by atoms with Crippen LogP contribution in [0.15, 0.2) is 29.6 Å². The molecule has 0 atom stereocenters. The lowest BCUT2D eigenvalue weighted by molar-refractivity contribution is 0.673. The van der Waals surface area contributed by atoms with Gasteiger partial charge < -0.3 is 15.5 Å². The first-order valence-corrected chi connectivity index (χ1v) is 7.58. The normalized spacial score (nSPS) is 11.4. The van der Waals surface area contributed by atoms with Crippen LogP contribution in [0.25, 0.3) is 0 Å². The second-order valence-corrected chi connectivity index (χ2v) is 5.23. The Morgan fingerprint density at radius 2 is 2.13 bits per heavy atom. The van der Waals surface area contributed by atoms with Gasteiger partial charge in [-0.2, -0.15) is 5.10 Å². The van der Waals surface area contributed by atoms with Crippen molar-refractivity contribution in [1.82, 2.24) is 30.4 Å². The van der Waals surface area contributed by atoms with Crippen LogP contribution in [0.5, 0.6) is 0 Å². The number of nitrogens with zero attached hydrogens (tertiary/aromatic N) is 6. The number of aliphatic imine (C=N–C) groups is 1. The molecule has 0 aliphatic rings. The van der Waals surface area contributed by atoms with E-state index in [2.05, 4.69) is 30.7 Å². The third kappa shape index (κ3) is 4.67. The van der Waals surface area contributed by atoms with E-state index >= 15 is 0 Å². The highest BCUT2D eigenvalue weighted by Crippen LogP contribution is 2.15. The lowest BCUT2D eigenvalue weighted by atomic mass is 10.2. The average molecular weight is 316 g/mol. The van der Waals surface area contributed by atoms with Crippen molar-refractivity contribution in [1.29, 1.82) is 0 Å². The Morgan fingerprint density at radius 1 is 1.30 bits per heavy atom. The topological polar surface area (TPSA) is 83.3 Å². The minimum atomic E-state index is 0.551. The predicted octanol–water partition coefficient (Wildman–Crippen LogP) is 0.531. The van der Waals surface area contributed by atoms with Gasteiger partial charge in [-0.25, -0.2) is 15.0 Å². The van der Waals surface area contributed by atoms with Gasteiger partial charge in [0.1, 0.15) is 18.0 Å². The van der Waals surface area contributed by atoms with Crippen molar-refractivity contribution in [2.75, 3.05) is 25.5 Å². The summed E-state index contributed by atoms with van der Waals surface area (Å²) in [4.78, 5) is 15.2. The summed E-state index contributed by atoms with van der Waals surface area (Å²) in [6.45, 7) is 3.94. The molecular formula is C15H24N8. The molecular weight excluding hydrogens is 292 g/mol. The highest BCUT2D eigenvalue weighted by Gasteiger charge is 2.06. The molecule has 0 amide bonds. The van der Waals surface area contributed by atoms with E-state index in [1.165, 1.54) is 0 Å². The highest BCUT2D eigenvalue weighted by molar-refractivity contribution is 5.79. The Bertz CT molecular complexity index is 646. The van der Waals surface area contributed by atoms with Crippen LogP contribution in [0.1, 0.15) is 18.3 Å². The Morgan fingerprint density at radius 3 is 2.78 bits per heavy atom. The molecule has 0 saturated carbocycles. The number of pyridine rings is 1. The van der Waals surface area contributed by atoms with Crippen LogP contribution in [0.3, 0.4) is 0 Å². The maximum atomic E-state index is 4.63. The summed E-state index contributed by atoms with van der Waals surface area (Å²) in [5.41, 5.74) is 1.08. The van der Waals surface area contributed by atoms with Crippen molar-refractivity contribution < 1.29 is 0 Å². The average Bonchev–Trinajstić information content (AvgIpc) is 2.95. The maximum Gasteiger partial charge on any atom is 0.191 e. The third-order valence-corrected chi connectivity index (χ3v) is 3.26. The summed E-state index contributed by atoms with van der Waals surface area (Å²) in [7, 11) is 5.83. The fourth-order valence-electron chi connectivity index (χ4n) is 2.11. The van der Waals surface area contributed by atoms with E-state index in [1.807, 2.05) is 45.1 Å². The Kier molecular flexibility index (Phi) is 5.90. The standard InChI is InChI=1S/C15H24N8/c1-5-16-15(19-10-13-20-11-21-23(13)4)18-9-12-7-6-8-17-14(12)22(2)3/h6-8,11H,5,9-10H2,1-4H3,(H2,16,18,19). The lowest BCUT2D eigenvalue weighted by Gasteiger charge is -2.15. The van der Waals surface area contributed by atoms with Crippen LogP contribution in [0, 0.1) is 0 Å². The second kappa shape index (κ2) is 8.11. The van der Waals surface area contributed by atoms with Gasteiger partial charge in [-0.1, -0.05) is 6.07 Å². The van der Waals surface area contributed by atoms with Gasteiger partial charge in [-0.15, -0.1) is 0 Å². The number of hydrogen-bond donors (Lipinski definition) is 2. The molecule has 8 nitrogen and oxygen atoms in total. The molecule has 2 N–H and O–H groups in total. The molecule has 2 aromatic rings. The van der Waals surface area contributed by atoms with E-state index in [1.54, 1.807) is 17.2 Å². The Labute approximate surface area is 136 Å². The van der Waals surface area contributed by atoms with Crippen molar-refractivity contribution in [3.63, 3.8) is 0 Å². The number of nitrogens with one attached hydrogen (secondary N) is 2. The van der Waals surface area contributed by atoms with E-state index < -0.39 is 0 Å². The van der Waals surface area contributed by atoms with Gasteiger partial charge in [0.05, 0.1) is 13.1 Å². The molecule has 0 aliphatic heterocycles. The summed E-state index contributed by atoms with van der Waals surface area (Å²) in [5, 5.41) is 10.6. The van der Waals surface area contributed by atoms with E-state index in [9.17, 15) is 0 Å². The largest absolute Gasteiger partial charge is 0.362 e.